The Kier molecular flexibility index (Phi) is 4.74. The maximum absolute atomic E-state index is 12.9. The molecule has 28 heavy (non-hydrogen) atoms. The first-order chi connectivity index (χ1) is 13.8. The fourth-order valence-electron chi connectivity index (χ4n) is 4.56. The summed E-state index contributed by atoms with van der Waals surface area (Å²) in [5.74, 6) is 3.00. The maximum atomic E-state index is 12.9. The molecule has 2 aliphatic heterocycles. The number of aromatic nitrogens is 3. The lowest BCUT2D eigenvalue weighted by molar-refractivity contribution is -0.134. The minimum Gasteiger partial charge on any atom is -0.355 e. The van der Waals surface area contributed by atoms with Crippen LogP contribution in [0.15, 0.2) is 22.9 Å². The summed E-state index contributed by atoms with van der Waals surface area (Å²) in [5, 5.41) is 4.23. The molecule has 1 aliphatic carbocycles. The Hall–Kier alpha value is -2.44. The molecule has 1 amide bonds. The molecule has 7 nitrogen and oxygen atoms in total. The van der Waals surface area contributed by atoms with Crippen LogP contribution in [0.25, 0.3) is 11.4 Å². The zero-order valence-corrected chi connectivity index (χ0v) is 16.2. The number of nitrogens with zero attached hydrogens (tertiary/aromatic N) is 5. The quantitative estimate of drug-likeness (QED) is 0.809. The Labute approximate surface area is 165 Å². The molecular formula is C21H27N5O2. The van der Waals surface area contributed by atoms with Gasteiger partial charge in [-0.05, 0) is 50.7 Å². The number of rotatable bonds is 4. The molecule has 3 aliphatic rings. The first kappa shape index (κ1) is 17.6. The molecule has 5 rings (SSSR count). The van der Waals surface area contributed by atoms with Gasteiger partial charge in [-0.2, -0.15) is 4.98 Å². The zero-order valence-electron chi connectivity index (χ0n) is 16.2. The second-order valence-electron chi connectivity index (χ2n) is 8.28. The highest BCUT2D eigenvalue weighted by Crippen LogP contribution is 2.37. The molecule has 2 aromatic rings. The van der Waals surface area contributed by atoms with Crippen LogP contribution in [-0.4, -0.2) is 52.1 Å². The molecule has 1 atom stereocenters. The van der Waals surface area contributed by atoms with Crippen LogP contribution in [0.2, 0.25) is 0 Å². The number of carbonyl (C=O) groups excluding carboxylic acids is 1. The van der Waals surface area contributed by atoms with E-state index in [1.54, 1.807) is 6.20 Å². The number of amides is 1. The highest BCUT2D eigenvalue weighted by molar-refractivity contribution is 5.80. The molecular weight excluding hydrogens is 354 g/mol. The van der Waals surface area contributed by atoms with Gasteiger partial charge in [0.05, 0.1) is 11.5 Å². The van der Waals surface area contributed by atoms with Crippen LogP contribution in [0, 0.1) is 5.92 Å². The van der Waals surface area contributed by atoms with Crippen LogP contribution in [0.3, 0.4) is 0 Å². The predicted molar refractivity (Wildman–Crippen MR) is 105 cm³/mol. The van der Waals surface area contributed by atoms with Crippen molar-refractivity contribution in [3.8, 4) is 11.4 Å². The number of carbonyl (C=O) groups is 1. The van der Waals surface area contributed by atoms with E-state index in [9.17, 15) is 4.79 Å². The monoisotopic (exact) mass is 381 g/mol. The lowest BCUT2D eigenvalue weighted by Crippen LogP contribution is -2.44. The summed E-state index contributed by atoms with van der Waals surface area (Å²) in [6.45, 7) is 3.45. The van der Waals surface area contributed by atoms with Crippen LogP contribution in [0.5, 0.6) is 0 Å². The van der Waals surface area contributed by atoms with Gasteiger partial charge in [0, 0.05) is 38.3 Å². The van der Waals surface area contributed by atoms with E-state index in [2.05, 4.69) is 20.0 Å². The summed E-state index contributed by atoms with van der Waals surface area (Å²) in [6, 6.07) is 3.92. The van der Waals surface area contributed by atoms with E-state index in [4.69, 9.17) is 4.52 Å². The molecule has 0 N–H and O–H groups in total. The standard InChI is InChI=1S/C21H27N5O2/c27-21(25-11-1-2-12-25)16-8-5-13-26(14-16)19-17(9-4-10-22-19)18-23-20(28-24-18)15-6-3-7-15/h4,9-10,15-16H,1-3,5-8,11-14H2. The number of likely N-dealkylation sites (tertiary alicyclic amines) is 1. The molecule has 2 aromatic heterocycles. The van der Waals surface area contributed by atoms with Crippen molar-refractivity contribution in [2.24, 2.45) is 5.92 Å². The second-order valence-corrected chi connectivity index (χ2v) is 8.28. The Morgan fingerprint density at radius 3 is 2.71 bits per heavy atom. The highest BCUT2D eigenvalue weighted by Gasteiger charge is 2.32. The Morgan fingerprint density at radius 2 is 1.93 bits per heavy atom. The smallest absolute Gasteiger partial charge is 0.230 e. The molecule has 2 saturated heterocycles. The van der Waals surface area contributed by atoms with Crippen molar-refractivity contribution in [3.63, 3.8) is 0 Å². The molecule has 7 heteroatoms. The third kappa shape index (κ3) is 3.27. The lowest BCUT2D eigenvalue weighted by Gasteiger charge is -2.35. The predicted octanol–water partition coefficient (Wildman–Crippen LogP) is 3.24. The van der Waals surface area contributed by atoms with Gasteiger partial charge in [-0.3, -0.25) is 4.79 Å². The molecule has 148 valence electrons. The van der Waals surface area contributed by atoms with E-state index < -0.39 is 0 Å². The highest BCUT2D eigenvalue weighted by atomic mass is 16.5. The third-order valence-electron chi connectivity index (χ3n) is 6.41. The van der Waals surface area contributed by atoms with Crippen molar-refractivity contribution in [1.29, 1.82) is 0 Å². The van der Waals surface area contributed by atoms with E-state index in [1.807, 2.05) is 17.0 Å². The molecule has 0 radical (unpaired) electrons. The van der Waals surface area contributed by atoms with Gasteiger partial charge in [-0.25, -0.2) is 4.98 Å². The van der Waals surface area contributed by atoms with E-state index in [-0.39, 0.29) is 5.92 Å². The van der Waals surface area contributed by atoms with Crippen molar-refractivity contribution in [2.75, 3.05) is 31.1 Å². The van der Waals surface area contributed by atoms with Crippen LogP contribution in [-0.2, 0) is 4.79 Å². The third-order valence-corrected chi connectivity index (χ3v) is 6.41. The van der Waals surface area contributed by atoms with E-state index >= 15 is 0 Å². The molecule has 1 unspecified atom stereocenters. The molecule has 0 bridgehead atoms. The summed E-state index contributed by atoms with van der Waals surface area (Å²) in [6.07, 6.45) is 9.53. The van der Waals surface area contributed by atoms with Crippen molar-refractivity contribution < 1.29 is 9.32 Å². The first-order valence-electron chi connectivity index (χ1n) is 10.6. The first-order valence-corrected chi connectivity index (χ1v) is 10.6. The average molecular weight is 381 g/mol. The summed E-state index contributed by atoms with van der Waals surface area (Å²) in [4.78, 5) is 26.5. The summed E-state index contributed by atoms with van der Waals surface area (Å²) in [7, 11) is 0. The van der Waals surface area contributed by atoms with E-state index in [0.29, 0.717) is 24.2 Å². The Balaban J connectivity index is 1.37. The largest absolute Gasteiger partial charge is 0.355 e. The fourth-order valence-corrected chi connectivity index (χ4v) is 4.56. The van der Waals surface area contributed by atoms with Crippen LogP contribution < -0.4 is 4.90 Å². The van der Waals surface area contributed by atoms with Crippen molar-refractivity contribution in [3.05, 3.63) is 24.2 Å². The summed E-state index contributed by atoms with van der Waals surface area (Å²) < 4.78 is 5.52. The molecule has 3 fully saturated rings. The Bertz CT molecular complexity index is 841. The van der Waals surface area contributed by atoms with Gasteiger partial charge in [-0.15, -0.1) is 0 Å². The number of hydrogen-bond donors (Lipinski definition) is 0. The van der Waals surface area contributed by atoms with Crippen molar-refractivity contribution >= 4 is 11.7 Å². The van der Waals surface area contributed by atoms with Gasteiger partial charge in [0.1, 0.15) is 5.82 Å². The summed E-state index contributed by atoms with van der Waals surface area (Å²) in [5.41, 5.74) is 0.895. The topological polar surface area (TPSA) is 75.4 Å². The minimum atomic E-state index is 0.0533. The second kappa shape index (κ2) is 7.53. The zero-order chi connectivity index (χ0) is 18.9. The van der Waals surface area contributed by atoms with Crippen LogP contribution in [0.1, 0.15) is 56.8 Å². The number of piperidine rings is 1. The number of anilines is 1. The van der Waals surface area contributed by atoms with Crippen LogP contribution >= 0.6 is 0 Å². The van der Waals surface area contributed by atoms with Crippen LogP contribution in [0.4, 0.5) is 5.82 Å². The van der Waals surface area contributed by atoms with E-state index in [1.165, 1.54) is 6.42 Å². The average Bonchev–Trinajstić information content (AvgIpc) is 3.39. The number of hydrogen-bond acceptors (Lipinski definition) is 6. The van der Waals surface area contributed by atoms with Gasteiger partial charge in [0.2, 0.25) is 17.6 Å². The van der Waals surface area contributed by atoms with Gasteiger partial charge in [0.25, 0.3) is 0 Å². The molecule has 0 aromatic carbocycles. The van der Waals surface area contributed by atoms with Crippen molar-refractivity contribution in [1.82, 2.24) is 20.0 Å². The molecule has 0 spiro atoms. The SMILES string of the molecule is O=C(C1CCCN(c2ncccc2-c2noc(C3CCC3)n2)C1)N1CCCC1. The van der Waals surface area contributed by atoms with E-state index in [0.717, 1.165) is 75.4 Å². The lowest BCUT2D eigenvalue weighted by atomic mass is 9.85. The van der Waals surface area contributed by atoms with Gasteiger partial charge in [-0.1, -0.05) is 11.6 Å². The minimum absolute atomic E-state index is 0.0533. The Morgan fingerprint density at radius 1 is 1.07 bits per heavy atom. The van der Waals surface area contributed by atoms with Gasteiger partial charge < -0.3 is 14.3 Å². The molecule has 1 saturated carbocycles. The van der Waals surface area contributed by atoms with Gasteiger partial charge >= 0.3 is 0 Å². The fraction of sp³-hybridized carbons (Fsp3) is 0.619. The van der Waals surface area contributed by atoms with Gasteiger partial charge in [0.15, 0.2) is 0 Å². The normalized spacial score (nSPS) is 23.1. The maximum Gasteiger partial charge on any atom is 0.230 e. The summed E-state index contributed by atoms with van der Waals surface area (Å²) >= 11 is 0. The number of pyridine rings is 1. The van der Waals surface area contributed by atoms with Crippen molar-refractivity contribution in [2.45, 2.75) is 50.9 Å². The molecule has 4 heterocycles.